The zero-order valence-electron chi connectivity index (χ0n) is 16.8. The number of methoxy groups -OCH3 is 1. The van der Waals surface area contributed by atoms with Crippen molar-refractivity contribution in [1.82, 2.24) is 9.97 Å². The minimum atomic E-state index is -0.727. The highest BCUT2D eigenvalue weighted by Crippen LogP contribution is 2.34. The fourth-order valence-electron chi connectivity index (χ4n) is 3.84. The van der Waals surface area contributed by atoms with Crippen LogP contribution in [0.25, 0.3) is 22.2 Å². The van der Waals surface area contributed by atoms with E-state index < -0.39 is 5.97 Å². The molecule has 0 amide bonds. The number of halogens is 1. The van der Waals surface area contributed by atoms with Crippen LogP contribution < -0.4 is 4.90 Å². The number of anilines is 1. The number of hydrogen-bond acceptors (Lipinski definition) is 6. The van der Waals surface area contributed by atoms with Crippen molar-refractivity contribution in [3.05, 3.63) is 41.4 Å². The third-order valence-electron chi connectivity index (χ3n) is 5.53. The molecule has 158 valence electrons. The van der Waals surface area contributed by atoms with Gasteiger partial charge >= 0.3 is 5.97 Å². The zero-order chi connectivity index (χ0) is 21.1. The third-order valence-corrected chi connectivity index (χ3v) is 5.82. The van der Waals surface area contributed by atoms with Crippen LogP contribution in [-0.4, -0.2) is 47.8 Å². The molecule has 3 aromatic rings. The van der Waals surface area contributed by atoms with Crippen molar-refractivity contribution in [2.24, 2.45) is 5.92 Å². The first-order valence-corrected chi connectivity index (χ1v) is 10.4. The zero-order valence-corrected chi connectivity index (χ0v) is 17.6. The number of carboxylic acid groups (broad SMARTS) is 1. The normalized spacial score (nSPS) is 15.1. The van der Waals surface area contributed by atoms with Gasteiger partial charge in [0.15, 0.2) is 5.82 Å². The molecule has 0 radical (unpaired) electrons. The van der Waals surface area contributed by atoms with Crippen molar-refractivity contribution in [3.63, 3.8) is 0 Å². The molecule has 3 heterocycles. The molecule has 8 heteroatoms. The predicted octanol–water partition coefficient (Wildman–Crippen LogP) is 4.42. The summed E-state index contributed by atoms with van der Waals surface area (Å²) in [7, 11) is 1.68. The number of ether oxygens (including phenoxy) is 1. The summed E-state index contributed by atoms with van der Waals surface area (Å²) >= 11 is 6.25. The van der Waals surface area contributed by atoms with Crippen molar-refractivity contribution < 1.29 is 19.1 Å². The molecule has 0 unspecified atom stereocenters. The predicted molar refractivity (Wildman–Crippen MR) is 115 cm³/mol. The van der Waals surface area contributed by atoms with E-state index in [-0.39, 0.29) is 5.92 Å². The van der Waals surface area contributed by atoms with Gasteiger partial charge in [-0.1, -0.05) is 11.6 Å². The Labute approximate surface area is 179 Å². The lowest BCUT2D eigenvalue weighted by atomic mass is 9.96. The lowest BCUT2D eigenvalue weighted by Gasteiger charge is -2.32. The number of aromatic nitrogens is 2. The van der Waals surface area contributed by atoms with Gasteiger partial charge in [-0.25, -0.2) is 4.98 Å². The van der Waals surface area contributed by atoms with E-state index in [9.17, 15) is 9.90 Å². The van der Waals surface area contributed by atoms with Gasteiger partial charge in [-0.15, -0.1) is 0 Å². The summed E-state index contributed by atoms with van der Waals surface area (Å²) in [6.07, 6.45) is 6.15. The van der Waals surface area contributed by atoms with Crippen LogP contribution in [-0.2, 0) is 16.0 Å². The number of benzene rings is 1. The second-order valence-electron chi connectivity index (χ2n) is 7.52. The maximum absolute atomic E-state index is 11.3. The third kappa shape index (κ3) is 4.27. The maximum Gasteiger partial charge on any atom is 0.306 e. The SMILES string of the molecule is COCCCc1cnc(-c2ccc3occ(Cl)c3c2)c(N2CCC(C(=O)O)CC2)n1. The molecule has 7 nitrogen and oxygen atoms in total. The van der Waals surface area contributed by atoms with E-state index in [1.54, 1.807) is 13.3 Å². The molecule has 1 aliphatic heterocycles. The number of aliphatic carboxylic acids is 1. The van der Waals surface area contributed by atoms with Crippen molar-refractivity contribution in [3.8, 4) is 11.3 Å². The first-order chi connectivity index (χ1) is 14.6. The standard InChI is InChI=1S/C22H24ClN3O4/c1-29-10-2-3-16-12-24-20(15-4-5-19-17(11-15)18(23)13-30-19)21(25-16)26-8-6-14(7-9-26)22(27)28/h4-5,11-14H,2-3,6-10H2,1H3,(H,27,28). The van der Waals surface area contributed by atoms with E-state index in [0.717, 1.165) is 46.6 Å². The average Bonchev–Trinajstić information content (AvgIpc) is 3.14. The smallest absolute Gasteiger partial charge is 0.306 e. The quantitative estimate of drug-likeness (QED) is 0.556. The summed E-state index contributed by atoms with van der Waals surface area (Å²) < 4.78 is 10.6. The van der Waals surface area contributed by atoms with Crippen LogP contribution >= 0.6 is 11.6 Å². The summed E-state index contributed by atoms with van der Waals surface area (Å²) in [6, 6.07) is 5.79. The topological polar surface area (TPSA) is 88.7 Å². The van der Waals surface area contributed by atoms with Crippen LogP contribution in [0.3, 0.4) is 0 Å². The Morgan fingerprint density at radius 3 is 2.90 bits per heavy atom. The molecular formula is C22H24ClN3O4. The second-order valence-corrected chi connectivity index (χ2v) is 7.93. The highest BCUT2D eigenvalue weighted by molar-refractivity contribution is 6.35. The summed E-state index contributed by atoms with van der Waals surface area (Å²) in [5.41, 5.74) is 3.28. The molecular weight excluding hydrogens is 406 g/mol. The number of rotatable bonds is 7. The van der Waals surface area contributed by atoms with Gasteiger partial charge in [0.2, 0.25) is 0 Å². The van der Waals surface area contributed by atoms with E-state index in [1.165, 1.54) is 6.26 Å². The van der Waals surface area contributed by atoms with Crippen LogP contribution in [0.15, 0.2) is 35.1 Å². The molecule has 1 saturated heterocycles. The molecule has 1 fully saturated rings. The highest BCUT2D eigenvalue weighted by Gasteiger charge is 2.27. The Bertz CT molecular complexity index is 1040. The molecule has 2 aromatic heterocycles. The van der Waals surface area contributed by atoms with E-state index in [0.29, 0.717) is 37.6 Å². The van der Waals surface area contributed by atoms with Gasteiger partial charge in [0.05, 0.1) is 16.6 Å². The number of fused-ring (bicyclic) bond motifs is 1. The number of nitrogens with zero attached hydrogens (tertiary/aromatic N) is 3. The number of furan rings is 1. The molecule has 4 rings (SSSR count). The Morgan fingerprint density at radius 2 is 2.17 bits per heavy atom. The first-order valence-electron chi connectivity index (χ1n) is 10.1. The van der Waals surface area contributed by atoms with Crippen LogP contribution in [0.1, 0.15) is 25.0 Å². The number of carbonyl (C=O) groups is 1. The Hall–Kier alpha value is -2.64. The summed E-state index contributed by atoms with van der Waals surface area (Å²) in [4.78, 5) is 23.1. The van der Waals surface area contributed by atoms with E-state index in [4.69, 9.17) is 30.7 Å². The second kappa shape index (κ2) is 9.02. The van der Waals surface area contributed by atoms with Crippen LogP contribution in [0.4, 0.5) is 5.82 Å². The number of piperidine rings is 1. The van der Waals surface area contributed by atoms with Crippen LogP contribution in [0, 0.1) is 5.92 Å². The lowest BCUT2D eigenvalue weighted by molar-refractivity contribution is -0.142. The molecule has 0 spiro atoms. The summed E-state index contributed by atoms with van der Waals surface area (Å²) in [5.74, 6) is -0.245. The summed E-state index contributed by atoms with van der Waals surface area (Å²) in [6.45, 7) is 1.93. The largest absolute Gasteiger partial charge is 0.481 e. The van der Waals surface area contributed by atoms with E-state index in [2.05, 4.69) is 4.90 Å². The van der Waals surface area contributed by atoms with Gasteiger partial charge in [-0.3, -0.25) is 9.78 Å². The lowest BCUT2D eigenvalue weighted by Crippen LogP contribution is -2.37. The number of carboxylic acids is 1. The van der Waals surface area contributed by atoms with Gasteiger partial charge in [0, 0.05) is 44.0 Å². The Kier molecular flexibility index (Phi) is 6.20. The van der Waals surface area contributed by atoms with Crippen LogP contribution in [0.2, 0.25) is 5.02 Å². The monoisotopic (exact) mass is 429 g/mol. The minimum Gasteiger partial charge on any atom is -0.481 e. The van der Waals surface area contributed by atoms with Gasteiger partial charge < -0.3 is 19.2 Å². The Balaban J connectivity index is 1.69. The molecule has 0 aliphatic carbocycles. The maximum atomic E-state index is 11.3. The minimum absolute atomic E-state index is 0.302. The van der Waals surface area contributed by atoms with Gasteiger partial charge in [-0.05, 0) is 43.9 Å². The molecule has 0 bridgehead atoms. The fourth-order valence-corrected chi connectivity index (χ4v) is 4.03. The average molecular weight is 430 g/mol. The number of hydrogen-bond donors (Lipinski definition) is 1. The molecule has 30 heavy (non-hydrogen) atoms. The summed E-state index contributed by atoms with van der Waals surface area (Å²) in [5, 5.41) is 10.7. The van der Waals surface area contributed by atoms with Gasteiger partial charge in [0.25, 0.3) is 0 Å². The first kappa shape index (κ1) is 20.6. The highest BCUT2D eigenvalue weighted by atomic mass is 35.5. The van der Waals surface area contributed by atoms with Crippen molar-refractivity contribution in [2.75, 3.05) is 31.7 Å². The fraction of sp³-hybridized carbons (Fsp3) is 0.409. The molecule has 0 atom stereocenters. The Morgan fingerprint density at radius 1 is 1.37 bits per heavy atom. The van der Waals surface area contributed by atoms with Crippen LogP contribution in [0.5, 0.6) is 0 Å². The molecule has 1 aromatic carbocycles. The molecule has 1 aliphatic rings. The van der Waals surface area contributed by atoms with Gasteiger partial charge in [-0.2, -0.15) is 0 Å². The van der Waals surface area contributed by atoms with E-state index >= 15 is 0 Å². The molecule has 1 N–H and O–H groups in total. The number of aryl methyl sites for hydroxylation is 1. The van der Waals surface area contributed by atoms with Crippen molar-refractivity contribution in [2.45, 2.75) is 25.7 Å². The van der Waals surface area contributed by atoms with Crippen molar-refractivity contribution >= 4 is 34.4 Å². The van der Waals surface area contributed by atoms with Gasteiger partial charge in [0.1, 0.15) is 17.5 Å². The molecule has 0 saturated carbocycles. The van der Waals surface area contributed by atoms with Crippen molar-refractivity contribution in [1.29, 1.82) is 0 Å². The van der Waals surface area contributed by atoms with E-state index in [1.807, 2.05) is 18.2 Å².